The molecule has 6 atom stereocenters. The van der Waals surface area contributed by atoms with Crippen LogP contribution in [-0.4, -0.2) is 43.0 Å². The Bertz CT molecular complexity index is 965. The zero-order valence-electron chi connectivity index (χ0n) is 23.7. The molecule has 1 aliphatic heterocycles. The number of ketones is 1. The Hall–Kier alpha value is -1.70. The summed E-state index contributed by atoms with van der Waals surface area (Å²) < 4.78 is 13.2. The third kappa shape index (κ3) is 5.69. The van der Waals surface area contributed by atoms with Crippen LogP contribution in [0.3, 0.4) is 0 Å². The first-order chi connectivity index (χ1) is 17.5. The third-order valence-corrected chi connectivity index (χ3v) is 9.53. The van der Waals surface area contributed by atoms with Crippen molar-refractivity contribution < 1.29 is 18.9 Å². The van der Waals surface area contributed by atoms with Crippen LogP contribution < -0.4 is 11.1 Å². The number of aryl methyl sites for hydroxylation is 1. The van der Waals surface area contributed by atoms with Gasteiger partial charge in [0.2, 0.25) is 5.91 Å². The molecule has 0 aromatic heterocycles. The highest BCUT2D eigenvalue weighted by Gasteiger charge is 2.68. The van der Waals surface area contributed by atoms with E-state index in [9.17, 15) is 9.59 Å². The molecule has 1 aromatic carbocycles. The lowest BCUT2D eigenvalue weighted by Gasteiger charge is -2.64. The Morgan fingerprint density at radius 2 is 1.86 bits per heavy atom. The standard InChI is InChI=1S/C30H47BN2O4/c1-7-8-9-20-10-12-21(13-11-20)24(34)15-22(18-32)28(35)33-27(14-19(2)3)31-36-26-17-23-16-25(29(23,4)5)30(26,6)37-31/h10-13,19,22-23,25-27H,7-9,14-18,32H2,1-6H3,(H,33,35)/t22-,23+,25+,26+,27-,30-/m0/s1. The maximum absolute atomic E-state index is 13.4. The number of carbonyl (C=O) groups is 2. The fourth-order valence-corrected chi connectivity index (χ4v) is 6.98. The number of rotatable bonds is 12. The fourth-order valence-electron chi connectivity index (χ4n) is 6.98. The molecule has 2 bridgehead atoms. The Labute approximate surface area is 224 Å². The van der Waals surface area contributed by atoms with Crippen molar-refractivity contribution in [2.24, 2.45) is 34.8 Å². The van der Waals surface area contributed by atoms with Gasteiger partial charge in [-0.15, -0.1) is 0 Å². The number of hydrogen-bond acceptors (Lipinski definition) is 5. The molecule has 4 aliphatic rings. The molecule has 3 N–H and O–H groups in total. The Balaban J connectivity index is 1.40. The van der Waals surface area contributed by atoms with Crippen LogP contribution in [0.5, 0.6) is 0 Å². The summed E-state index contributed by atoms with van der Waals surface area (Å²) in [5.41, 5.74) is 7.81. The molecule has 1 aromatic rings. The minimum Gasteiger partial charge on any atom is -0.404 e. The van der Waals surface area contributed by atoms with E-state index in [1.165, 1.54) is 12.0 Å². The summed E-state index contributed by atoms with van der Waals surface area (Å²) in [6.07, 6.45) is 6.38. The quantitative estimate of drug-likeness (QED) is 0.306. The number of nitrogens with one attached hydrogen (secondary N) is 1. The van der Waals surface area contributed by atoms with Gasteiger partial charge in [0.1, 0.15) is 0 Å². The predicted molar refractivity (Wildman–Crippen MR) is 148 cm³/mol. The summed E-state index contributed by atoms with van der Waals surface area (Å²) in [5, 5.41) is 3.19. The molecule has 37 heavy (non-hydrogen) atoms. The highest BCUT2D eigenvalue weighted by atomic mass is 16.7. The second-order valence-electron chi connectivity index (χ2n) is 12.9. The first-order valence-corrected chi connectivity index (χ1v) is 14.4. The molecule has 0 radical (unpaired) electrons. The number of nitrogens with two attached hydrogens (primary N) is 1. The molecule has 6 nitrogen and oxygen atoms in total. The Morgan fingerprint density at radius 1 is 1.16 bits per heavy atom. The Morgan fingerprint density at radius 3 is 2.46 bits per heavy atom. The van der Waals surface area contributed by atoms with Gasteiger partial charge in [-0.2, -0.15) is 0 Å². The average molecular weight is 511 g/mol. The number of amides is 1. The van der Waals surface area contributed by atoms with Crippen LogP contribution in [0.4, 0.5) is 0 Å². The minimum atomic E-state index is -0.590. The molecule has 4 fully saturated rings. The van der Waals surface area contributed by atoms with Gasteiger partial charge in [0.25, 0.3) is 0 Å². The second-order valence-corrected chi connectivity index (χ2v) is 12.9. The van der Waals surface area contributed by atoms with Crippen molar-refractivity contribution in [1.29, 1.82) is 0 Å². The van der Waals surface area contributed by atoms with Crippen LogP contribution in [-0.2, 0) is 20.5 Å². The van der Waals surface area contributed by atoms with Crippen LogP contribution in [0.1, 0.15) is 96.0 Å². The minimum absolute atomic E-state index is 0.0537. The van der Waals surface area contributed by atoms with Crippen molar-refractivity contribution in [1.82, 2.24) is 5.32 Å². The van der Waals surface area contributed by atoms with Crippen molar-refractivity contribution in [3.63, 3.8) is 0 Å². The highest BCUT2D eigenvalue weighted by Crippen LogP contribution is 2.65. The highest BCUT2D eigenvalue weighted by molar-refractivity contribution is 6.47. The smallest absolute Gasteiger partial charge is 0.404 e. The SMILES string of the molecule is CCCCc1ccc(C(=O)C[C@@H](CN)C(=O)N[C@@H](CC(C)C)B2O[C@@H]3C[C@H]4C[C@H](C4(C)C)[C@]3(C)O2)cc1. The van der Waals surface area contributed by atoms with Gasteiger partial charge in [-0.25, -0.2) is 0 Å². The van der Waals surface area contributed by atoms with E-state index in [1.807, 2.05) is 24.3 Å². The molecule has 3 saturated carbocycles. The van der Waals surface area contributed by atoms with Crippen molar-refractivity contribution in [2.45, 2.75) is 104 Å². The average Bonchev–Trinajstić information content (AvgIpc) is 3.22. The monoisotopic (exact) mass is 510 g/mol. The van der Waals surface area contributed by atoms with Crippen LogP contribution in [0.2, 0.25) is 0 Å². The Kier molecular flexibility index (Phi) is 8.57. The van der Waals surface area contributed by atoms with Crippen molar-refractivity contribution in [3.8, 4) is 0 Å². The number of hydrogen-bond donors (Lipinski definition) is 2. The first-order valence-electron chi connectivity index (χ1n) is 14.4. The summed E-state index contributed by atoms with van der Waals surface area (Å²) >= 11 is 0. The van der Waals surface area contributed by atoms with Gasteiger partial charge in [0, 0.05) is 18.5 Å². The lowest BCUT2D eigenvalue weighted by molar-refractivity contribution is -0.199. The molecule has 7 heteroatoms. The van der Waals surface area contributed by atoms with E-state index in [-0.39, 0.29) is 47.7 Å². The van der Waals surface area contributed by atoms with E-state index < -0.39 is 13.0 Å². The molecule has 3 aliphatic carbocycles. The molecule has 1 amide bonds. The van der Waals surface area contributed by atoms with Crippen LogP contribution in [0, 0.1) is 29.1 Å². The van der Waals surface area contributed by atoms with E-state index in [2.05, 4.69) is 46.9 Å². The van der Waals surface area contributed by atoms with E-state index in [4.69, 9.17) is 15.0 Å². The van der Waals surface area contributed by atoms with Crippen LogP contribution in [0.25, 0.3) is 0 Å². The number of carbonyl (C=O) groups excluding carboxylic acids is 2. The largest absolute Gasteiger partial charge is 0.481 e. The van der Waals surface area contributed by atoms with Gasteiger partial charge in [0.15, 0.2) is 5.78 Å². The maximum atomic E-state index is 13.4. The van der Waals surface area contributed by atoms with Gasteiger partial charge in [-0.1, -0.05) is 65.3 Å². The molecule has 204 valence electrons. The third-order valence-electron chi connectivity index (χ3n) is 9.53. The number of Topliss-reactive ketones (excluding diaryl/α,β-unsaturated/α-hetero) is 1. The van der Waals surface area contributed by atoms with Crippen molar-refractivity contribution in [2.75, 3.05) is 6.54 Å². The first kappa shape index (κ1) is 28.3. The number of benzene rings is 1. The molecular formula is C30H47BN2O4. The summed E-state index contributed by atoms with van der Waals surface area (Å²) in [4.78, 5) is 26.4. The summed E-state index contributed by atoms with van der Waals surface area (Å²) in [7, 11) is -0.485. The van der Waals surface area contributed by atoms with Gasteiger partial charge in [-0.3, -0.25) is 9.59 Å². The number of unbranched alkanes of at least 4 members (excludes halogenated alkanes) is 1. The van der Waals surface area contributed by atoms with Gasteiger partial charge < -0.3 is 20.4 Å². The van der Waals surface area contributed by atoms with Gasteiger partial charge >= 0.3 is 7.12 Å². The second kappa shape index (κ2) is 11.2. The van der Waals surface area contributed by atoms with E-state index in [0.29, 0.717) is 23.3 Å². The van der Waals surface area contributed by atoms with Crippen molar-refractivity contribution in [3.05, 3.63) is 35.4 Å². The lowest BCUT2D eigenvalue weighted by atomic mass is 9.43. The van der Waals surface area contributed by atoms with E-state index in [0.717, 1.165) is 32.1 Å². The summed E-state index contributed by atoms with van der Waals surface area (Å²) in [6.45, 7) is 13.4. The summed E-state index contributed by atoms with van der Waals surface area (Å²) in [6, 6.07) is 7.77. The molecule has 1 heterocycles. The van der Waals surface area contributed by atoms with Gasteiger partial charge in [0.05, 0.1) is 23.6 Å². The molecule has 0 spiro atoms. The topological polar surface area (TPSA) is 90.7 Å². The molecular weight excluding hydrogens is 463 g/mol. The predicted octanol–water partition coefficient (Wildman–Crippen LogP) is 4.98. The maximum Gasteiger partial charge on any atom is 0.481 e. The normalized spacial score (nSPS) is 29.4. The summed E-state index contributed by atoms with van der Waals surface area (Å²) in [5.74, 6) is 0.364. The molecule has 0 unspecified atom stereocenters. The van der Waals surface area contributed by atoms with Crippen LogP contribution in [0.15, 0.2) is 24.3 Å². The zero-order chi connectivity index (χ0) is 27.0. The fraction of sp³-hybridized carbons (Fsp3) is 0.733. The molecule has 1 saturated heterocycles. The lowest BCUT2D eigenvalue weighted by Crippen LogP contribution is -2.65. The van der Waals surface area contributed by atoms with Gasteiger partial charge in [-0.05, 0) is 67.8 Å². The van der Waals surface area contributed by atoms with Crippen molar-refractivity contribution >= 4 is 18.8 Å². The zero-order valence-corrected chi connectivity index (χ0v) is 23.7. The molecule has 5 rings (SSSR count). The van der Waals surface area contributed by atoms with E-state index in [1.54, 1.807) is 0 Å². The van der Waals surface area contributed by atoms with Crippen LogP contribution >= 0.6 is 0 Å². The van der Waals surface area contributed by atoms with E-state index >= 15 is 0 Å².